The number of amides is 1. The number of carbonyl (C=O) groups is 2. The zero-order chi connectivity index (χ0) is 24.2. The third-order valence-electron chi connectivity index (χ3n) is 6.06. The molecular formula is C24H26BrN3O6. The van der Waals surface area contributed by atoms with Gasteiger partial charge in [-0.25, -0.2) is 0 Å². The van der Waals surface area contributed by atoms with Crippen LogP contribution in [0.2, 0.25) is 0 Å². The van der Waals surface area contributed by atoms with Gasteiger partial charge in [0.15, 0.2) is 11.5 Å². The highest BCUT2D eigenvalue weighted by molar-refractivity contribution is 9.10. The van der Waals surface area contributed by atoms with Crippen LogP contribution in [-0.2, 0) is 14.3 Å². The molecule has 2 fully saturated rings. The fourth-order valence-corrected chi connectivity index (χ4v) is 4.78. The average molecular weight is 532 g/mol. The fourth-order valence-electron chi connectivity index (χ4n) is 4.32. The number of halogens is 1. The molecule has 2 aliphatic heterocycles. The van der Waals surface area contributed by atoms with Crippen molar-refractivity contribution in [1.29, 1.82) is 0 Å². The first-order valence-corrected chi connectivity index (χ1v) is 11.8. The number of likely N-dealkylation sites (tertiary alicyclic amines) is 1. The van der Waals surface area contributed by atoms with E-state index in [1.807, 2.05) is 0 Å². The number of Topliss-reactive ketones (excluding diaryl/α,β-unsaturated/α-hetero) is 1. The van der Waals surface area contributed by atoms with E-state index in [1.165, 1.54) is 24.4 Å². The number of ether oxygens (including phenoxy) is 2. The quantitative estimate of drug-likeness (QED) is 0.318. The topological polar surface area (TPSA) is 112 Å². The van der Waals surface area contributed by atoms with E-state index in [-0.39, 0.29) is 22.8 Å². The lowest BCUT2D eigenvalue weighted by atomic mass is 9.95. The minimum Gasteiger partial charge on any atom is -0.507 e. The number of nitrogens with zero attached hydrogens (tertiary/aromatic N) is 3. The van der Waals surface area contributed by atoms with E-state index in [9.17, 15) is 19.8 Å². The molecule has 9 nitrogen and oxygen atoms in total. The number of ketones is 1. The number of aliphatic hydroxyl groups excluding tert-OH is 1. The molecule has 1 atom stereocenters. The molecule has 0 saturated carbocycles. The normalized spacial score (nSPS) is 20.6. The number of hydrogen-bond donors (Lipinski definition) is 2. The number of aromatic hydroxyl groups is 1. The fraction of sp³-hybridized carbons (Fsp3) is 0.375. The monoisotopic (exact) mass is 531 g/mol. The highest BCUT2D eigenvalue weighted by Crippen LogP contribution is 2.44. The first-order valence-electron chi connectivity index (χ1n) is 11.0. The van der Waals surface area contributed by atoms with Crippen LogP contribution >= 0.6 is 15.9 Å². The molecule has 180 valence electrons. The summed E-state index contributed by atoms with van der Waals surface area (Å²) < 4.78 is 11.0. The predicted octanol–water partition coefficient (Wildman–Crippen LogP) is 2.70. The first kappa shape index (κ1) is 24.2. The van der Waals surface area contributed by atoms with Gasteiger partial charge in [-0.05, 0) is 52.2 Å². The maximum atomic E-state index is 13.1. The molecule has 0 bridgehead atoms. The molecule has 2 saturated heterocycles. The van der Waals surface area contributed by atoms with Crippen molar-refractivity contribution in [2.75, 3.05) is 46.5 Å². The number of methoxy groups -OCH3 is 1. The van der Waals surface area contributed by atoms with Crippen molar-refractivity contribution in [1.82, 2.24) is 14.8 Å². The molecule has 4 rings (SSSR count). The van der Waals surface area contributed by atoms with E-state index >= 15 is 0 Å². The maximum absolute atomic E-state index is 13.1. The van der Waals surface area contributed by atoms with Gasteiger partial charge in [-0.3, -0.25) is 19.5 Å². The number of morpholine rings is 1. The van der Waals surface area contributed by atoms with E-state index in [4.69, 9.17) is 9.47 Å². The Morgan fingerprint density at radius 3 is 2.59 bits per heavy atom. The Morgan fingerprint density at radius 2 is 1.91 bits per heavy atom. The van der Waals surface area contributed by atoms with Crippen LogP contribution in [0.5, 0.6) is 11.5 Å². The summed E-state index contributed by atoms with van der Waals surface area (Å²) in [5.41, 5.74) is 0.904. The Balaban J connectivity index is 1.73. The van der Waals surface area contributed by atoms with E-state index in [0.717, 1.165) is 19.6 Å². The van der Waals surface area contributed by atoms with Gasteiger partial charge in [-0.2, -0.15) is 0 Å². The molecule has 2 aliphatic rings. The van der Waals surface area contributed by atoms with Gasteiger partial charge >= 0.3 is 0 Å². The SMILES string of the molecule is COc1cc(C2C(=C(O)c3ccncc3)C(=O)C(=O)N2CCCN2CCOCC2)cc(Br)c1O. The van der Waals surface area contributed by atoms with Crippen molar-refractivity contribution in [2.45, 2.75) is 12.5 Å². The van der Waals surface area contributed by atoms with Gasteiger partial charge in [-0.15, -0.1) is 0 Å². The van der Waals surface area contributed by atoms with Crippen molar-refractivity contribution < 1.29 is 29.3 Å². The summed E-state index contributed by atoms with van der Waals surface area (Å²) in [5.74, 6) is -1.61. The summed E-state index contributed by atoms with van der Waals surface area (Å²) in [4.78, 5) is 33.9. The minimum absolute atomic E-state index is 0.0118. The summed E-state index contributed by atoms with van der Waals surface area (Å²) in [7, 11) is 1.42. The molecule has 2 N–H and O–H groups in total. The first-order chi connectivity index (χ1) is 16.4. The van der Waals surface area contributed by atoms with E-state index in [0.29, 0.717) is 41.8 Å². The Morgan fingerprint density at radius 1 is 1.21 bits per heavy atom. The van der Waals surface area contributed by atoms with Crippen molar-refractivity contribution >= 4 is 33.4 Å². The van der Waals surface area contributed by atoms with Crippen molar-refractivity contribution in [3.63, 3.8) is 0 Å². The second-order valence-corrected chi connectivity index (χ2v) is 8.94. The Labute approximate surface area is 205 Å². The second-order valence-electron chi connectivity index (χ2n) is 8.09. The highest BCUT2D eigenvalue weighted by atomic mass is 79.9. The Hall–Kier alpha value is -2.95. The molecule has 1 unspecified atom stereocenters. The molecule has 2 aromatic rings. The van der Waals surface area contributed by atoms with Crippen LogP contribution in [0.3, 0.4) is 0 Å². The zero-order valence-electron chi connectivity index (χ0n) is 18.7. The Bertz CT molecular complexity index is 1100. The molecule has 34 heavy (non-hydrogen) atoms. The van der Waals surface area contributed by atoms with Gasteiger partial charge in [0.1, 0.15) is 5.76 Å². The van der Waals surface area contributed by atoms with Gasteiger partial charge in [0.05, 0.1) is 36.4 Å². The van der Waals surface area contributed by atoms with Crippen molar-refractivity contribution in [3.05, 3.63) is 57.8 Å². The molecular weight excluding hydrogens is 506 g/mol. The van der Waals surface area contributed by atoms with Gasteiger partial charge in [0.2, 0.25) is 0 Å². The molecule has 0 radical (unpaired) electrons. The van der Waals surface area contributed by atoms with Crippen LogP contribution < -0.4 is 4.74 Å². The summed E-state index contributed by atoms with van der Waals surface area (Å²) in [6, 6.07) is 5.51. The summed E-state index contributed by atoms with van der Waals surface area (Å²) >= 11 is 3.32. The number of carbonyl (C=O) groups excluding carboxylic acids is 2. The summed E-state index contributed by atoms with van der Waals surface area (Å²) in [5, 5.41) is 21.3. The standard InChI is InChI=1S/C24H26BrN3O6/c1-33-18-14-16(13-17(25)22(18)30)20-19(21(29)15-3-5-26-6-4-15)23(31)24(32)28(20)8-2-7-27-9-11-34-12-10-27/h3-6,13-14,20,29-30H,2,7-12H2,1H3. The van der Waals surface area contributed by atoms with E-state index < -0.39 is 17.7 Å². The van der Waals surface area contributed by atoms with Gasteiger partial charge in [0.25, 0.3) is 11.7 Å². The van der Waals surface area contributed by atoms with Crippen LogP contribution in [0.25, 0.3) is 5.76 Å². The third-order valence-corrected chi connectivity index (χ3v) is 6.66. The molecule has 10 heteroatoms. The summed E-state index contributed by atoms with van der Waals surface area (Å²) in [6.07, 6.45) is 3.65. The number of rotatable bonds is 7. The van der Waals surface area contributed by atoms with E-state index in [2.05, 4.69) is 25.8 Å². The molecule has 3 heterocycles. The number of pyridine rings is 1. The van der Waals surface area contributed by atoms with Crippen LogP contribution in [0, 0.1) is 0 Å². The number of aliphatic hydroxyl groups is 1. The van der Waals surface area contributed by atoms with Gasteiger partial charge < -0.3 is 24.6 Å². The number of benzene rings is 1. The predicted molar refractivity (Wildman–Crippen MR) is 127 cm³/mol. The number of aromatic nitrogens is 1. The lowest BCUT2D eigenvalue weighted by Crippen LogP contribution is -2.39. The second kappa shape index (κ2) is 10.5. The Kier molecular flexibility index (Phi) is 7.50. The minimum atomic E-state index is -0.844. The maximum Gasteiger partial charge on any atom is 0.295 e. The number of hydrogen-bond acceptors (Lipinski definition) is 8. The van der Waals surface area contributed by atoms with Crippen LogP contribution in [0.4, 0.5) is 0 Å². The third kappa shape index (κ3) is 4.79. The molecule has 1 aromatic heterocycles. The molecule has 0 aliphatic carbocycles. The average Bonchev–Trinajstić information content (AvgIpc) is 3.11. The largest absolute Gasteiger partial charge is 0.507 e. The number of phenolic OH excluding ortho intramolecular Hbond substituents is 1. The lowest BCUT2D eigenvalue weighted by molar-refractivity contribution is -0.140. The molecule has 1 aromatic carbocycles. The van der Waals surface area contributed by atoms with Crippen LogP contribution in [-0.4, -0.2) is 83.2 Å². The summed E-state index contributed by atoms with van der Waals surface area (Å²) in [6.45, 7) is 4.08. The van der Waals surface area contributed by atoms with Crippen LogP contribution in [0.15, 0.2) is 46.7 Å². The smallest absolute Gasteiger partial charge is 0.295 e. The number of phenols is 1. The van der Waals surface area contributed by atoms with Crippen molar-refractivity contribution in [2.24, 2.45) is 0 Å². The zero-order valence-corrected chi connectivity index (χ0v) is 20.3. The highest BCUT2D eigenvalue weighted by Gasteiger charge is 2.46. The van der Waals surface area contributed by atoms with Gasteiger partial charge in [-0.1, -0.05) is 0 Å². The van der Waals surface area contributed by atoms with Gasteiger partial charge in [0, 0.05) is 44.1 Å². The molecule has 1 amide bonds. The van der Waals surface area contributed by atoms with Crippen molar-refractivity contribution in [3.8, 4) is 11.5 Å². The van der Waals surface area contributed by atoms with Crippen LogP contribution in [0.1, 0.15) is 23.6 Å². The lowest BCUT2D eigenvalue weighted by Gasteiger charge is -2.29. The molecule has 0 spiro atoms. The van der Waals surface area contributed by atoms with E-state index in [1.54, 1.807) is 24.3 Å².